The molecule has 2 heterocycles. The Hall–Kier alpha value is -3.14. The van der Waals surface area contributed by atoms with E-state index in [1.807, 2.05) is 36.7 Å². The highest BCUT2D eigenvalue weighted by Gasteiger charge is 2.17. The normalized spacial score (nSPS) is 11.2. The average molecular weight is 337 g/mol. The van der Waals surface area contributed by atoms with Crippen molar-refractivity contribution in [3.63, 3.8) is 0 Å². The third kappa shape index (κ3) is 3.11. The van der Waals surface area contributed by atoms with Gasteiger partial charge < -0.3 is 9.58 Å². The van der Waals surface area contributed by atoms with Crippen molar-refractivity contribution in [3.8, 4) is 5.69 Å². The Balaban J connectivity index is 2.02. The fourth-order valence-electron chi connectivity index (χ4n) is 2.58. The Morgan fingerprint density at radius 2 is 2.04 bits per heavy atom. The molecule has 3 rings (SSSR count). The van der Waals surface area contributed by atoms with Gasteiger partial charge in [-0.15, -0.1) is 0 Å². The number of carbonyl (C=O) groups excluding carboxylic acids is 1. The molecule has 0 radical (unpaired) electrons. The standard InChI is InChI=1S/C18H19N5O2/c1-11(2)23-16-7-6-14(8-15(16)17(19-5)21-23)22-10-13(9-20-22)18(24)25-12(3)4/h6-12H,1-4H3. The summed E-state index contributed by atoms with van der Waals surface area (Å²) in [6.07, 6.45) is 2.91. The highest BCUT2D eigenvalue weighted by atomic mass is 16.5. The lowest BCUT2D eigenvalue weighted by molar-refractivity contribution is 0.0378. The molecule has 0 atom stereocenters. The van der Waals surface area contributed by atoms with Crippen LogP contribution >= 0.6 is 0 Å². The highest BCUT2D eigenvalue weighted by Crippen LogP contribution is 2.29. The minimum absolute atomic E-state index is 0.158. The largest absolute Gasteiger partial charge is 0.459 e. The van der Waals surface area contributed by atoms with Crippen LogP contribution in [0.3, 0.4) is 0 Å². The molecule has 0 unspecified atom stereocenters. The summed E-state index contributed by atoms with van der Waals surface area (Å²) in [6, 6.07) is 5.83. The van der Waals surface area contributed by atoms with Gasteiger partial charge in [0.15, 0.2) is 0 Å². The van der Waals surface area contributed by atoms with Crippen molar-refractivity contribution in [3.05, 3.63) is 47.6 Å². The van der Waals surface area contributed by atoms with E-state index in [1.54, 1.807) is 24.7 Å². The fourth-order valence-corrected chi connectivity index (χ4v) is 2.58. The molecule has 1 aromatic carbocycles. The molecule has 2 aromatic heterocycles. The number of esters is 1. The number of carbonyl (C=O) groups is 1. The fraction of sp³-hybridized carbons (Fsp3) is 0.333. The van der Waals surface area contributed by atoms with Crippen LogP contribution in [-0.4, -0.2) is 31.6 Å². The lowest BCUT2D eigenvalue weighted by Gasteiger charge is -2.06. The Morgan fingerprint density at radius 1 is 1.28 bits per heavy atom. The van der Waals surface area contributed by atoms with Gasteiger partial charge in [0.25, 0.3) is 0 Å². The molecule has 0 spiro atoms. The number of rotatable bonds is 4. The van der Waals surface area contributed by atoms with Crippen molar-refractivity contribution in [1.29, 1.82) is 0 Å². The van der Waals surface area contributed by atoms with Gasteiger partial charge >= 0.3 is 11.8 Å². The van der Waals surface area contributed by atoms with Crippen molar-refractivity contribution >= 4 is 22.7 Å². The number of nitrogens with zero attached hydrogens (tertiary/aromatic N) is 5. The van der Waals surface area contributed by atoms with Crippen molar-refractivity contribution in [2.75, 3.05) is 0 Å². The third-order valence-electron chi connectivity index (χ3n) is 3.69. The van der Waals surface area contributed by atoms with Crippen molar-refractivity contribution < 1.29 is 9.53 Å². The highest BCUT2D eigenvalue weighted by molar-refractivity contribution is 5.92. The number of fused-ring (bicyclic) bond motifs is 1. The quantitative estimate of drug-likeness (QED) is 0.534. The van der Waals surface area contributed by atoms with Gasteiger partial charge in [-0.1, -0.05) is 6.57 Å². The predicted molar refractivity (Wildman–Crippen MR) is 94.1 cm³/mol. The van der Waals surface area contributed by atoms with Gasteiger partial charge in [-0.25, -0.2) is 9.48 Å². The second-order valence-electron chi connectivity index (χ2n) is 6.30. The van der Waals surface area contributed by atoms with Crippen LogP contribution in [0.25, 0.3) is 21.4 Å². The van der Waals surface area contributed by atoms with Gasteiger partial charge in [0.1, 0.15) is 0 Å². The second-order valence-corrected chi connectivity index (χ2v) is 6.30. The van der Waals surface area contributed by atoms with Crippen molar-refractivity contribution in [2.24, 2.45) is 0 Å². The summed E-state index contributed by atoms with van der Waals surface area (Å²) in [6.45, 7) is 15.0. The van der Waals surface area contributed by atoms with Crippen LogP contribution in [-0.2, 0) is 4.74 Å². The van der Waals surface area contributed by atoms with Gasteiger partial charge in [0.05, 0.1) is 35.1 Å². The maximum absolute atomic E-state index is 12.0. The van der Waals surface area contributed by atoms with Crippen LogP contribution in [0.1, 0.15) is 44.1 Å². The third-order valence-corrected chi connectivity index (χ3v) is 3.69. The number of hydrogen-bond donors (Lipinski definition) is 0. The molecule has 0 N–H and O–H groups in total. The van der Waals surface area contributed by atoms with E-state index >= 15 is 0 Å². The summed E-state index contributed by atoms with van der Waals surface area (Å²) in [4.78, 5) is 15.5. The molecule has 0 aliphatic carbocycles. The number of ether oxygens (including phenoxy) is 1. The molecule has 128 valence electrons. The second kappa shape index (κ2) is 6.40. The smallest absolute Gasteiger partial charge is 0.341 e. The number of benzene rings is 1. The molecule has 0 aliphatic heterocycles. The molecule has 0 saturated heterocycles. The molecule has 0 aliphatic rings. The molecule has 3 aromatic rings. The van der Waals surface area contributed by atoms with E-state index in [0.717, 1.165) is 16.6 Å². The van der Waals surface area contributed by atoms with Crippen LogP contribution in [0.4, 0.5) is 5.82 Å². The summed E-state index contributed by atoms with van der Waals surface area (Å²) in [5.41, 5.74) is 2.04. The zero-order valence-corrected chi connectivity index (χ0v) is 14.6. The van der Waals surface area contributed by atoms with E-state index in [2.05, 4.69) is 15.0 Å². The first-order valence-corrected chi connectivity index (χ1v) is 8.06. The van der Waals surface area contributed by atoms with Crippen LogP contribution in [0, 0.1) is 6.57 Å². The Kier molecular flexibility index (Phi) is 4.28. The van der Waals surface area contributed by atoms with Crippen LogP contribution < -0.4 is 0 Å². The van der Waals surface area contributed by atoms with E-state index in [4.69, 9.17) is 11.3 Å². The van der Waals surface area contributed by atoms with E-state index in [0.29, 0.717) is 11.4 Å². The maximum atomic E-state index is 12.0. The molecular weight excluding hydrogens is 318 g/mol. The monoisotopic (exact) mass is 337 g/mol. The predicted octanol–water partition coefficient (Wildman–Crippen LogP) is 3.92. The van der Waals surface area contributed by atoms with Gasteiger partial charge in [0, 0.05) is 11.6 Å². The summed E-state index contributed by atoms with van der Waals surface area (Å²) >= 11 is 0. The first-order valence-electron chi connectivity index (χ1n) is 8.06. The summed E-state index contributed by atoms with van der Waals surface area (Å²) in [5, 5.41) is 9.36. The van der Waals surface area contributed by atoms with Crippen LogP contribution in [0.15, 0.2) is 30.6 Å². The maximum Gasteiger partial charge on any atom is 0.341 e. The van der Waals surface area contributed by atoms with Gasteiger partial charge in [-0.05, 0) is 51.0 Å². The van der Waals surface area contributed by atoms with Gasteiger partial charge in [-0.3, -0.25) is 0 Å². The van der Waals surface area contributed by atoms with E-state index < -0.39 is 5.97 Å². The first kappa shape index (κ1) is 16.7. The summed E-state index contributed by atoms with van der Waals surface area (Å²) in [7, 11) is 0. The molecular formula is C18H19N5O2. The summed E-state index contributed by atoms with van der Waals surface area (Å²) < 4.78 is 8.60. The SMILES string of the molecule is [C-]#[N+]c1nn(C(C)C)c2ccc(-n3cc(C(=O)OC(C)C)cn3)cc12. The Labute approximate surface area is 145 Å². The lowest BCUT2D eigenvalue weighted by atomic mass is 10.2. The zero-order chi connectivity index (χ0) is 18.1. The topological polar surface area (TPSA) is 66.3 Å². The molecule has 0 bridgehead atoms. The molecule has 7 heteroatoms. The number of hydrogen-bond acceptors (Lipinski definition) is 4. The zero-order valence-electron chi connectivity index (χ0n) is 14.6. The van der Waals surface area contributed by atoms with Gasteiger partial charge in [-0.2, -0.15) is 9.78 Å². The molecule has 0 saturated carbocycles. The molecule has 7 nitrogen and oxygen atoms in total. The number of aromatic nitrogens is 4. The molecule has 0 amide bonds. The minimum atomic E-state index is -0.406. The van der Waals surface area contributed by atoms with Crippen molar-refractivity contribution in [2.45, 2.75) is 39.8 Å². The first-order chi connectivity index (χ1) is 11.9. The van der Waals surface area contributed by atoms with Crippen LogP contribution in [0.2, 0.25) is 0 Å². The van der Waals surface area contributed by atoms with E-state index in [1.165, 1.54) is 6.20 Å². The minimum Gasteiger partial charge on any atom is -0.459 e. The molecule has 25 heavy (non-hydrogen) atoms. The molecule has 0 fully saturated rings. The average Bonchev–Trinajstić information content (AvgIpc) is 3.18. The Morgan fingerprint density at radius 3 is 2.68 bits per heavy atom. The van der Waals surface area contributed by atoms with Crippen LogP contribution in [0.5, 0.6) is 0 Å². The van der Waals surface area contributed by atoms with E-state index in [9.17, 15) is 4.79 Å². The Bertz CT molecular complexity index is 975. The summed E-state index contributed by atoms with van der Waals surface area (Å²) in [5.74, 6) is -0.0473. The lowest BCUT2D eigenvalue weighted by Crippen LogP contribution is -2.10. The van der Waals surface area contributed by atoms with Gasteiger partial charge in [0.2, 0.25) is 0 Å². The van der Waals surface area contributed by atoms with Crippen molar-refractivity contribution in [1.82, 2.24) is 19.6 Å². The van der Waals surface area contributed by atoms with E-state index in [-0.39, 0.29) is 12.1 Å².